The van der Waals surface area contributed by atoms with Crippen molar-refractivity contribution < 1.29 is 5.11 Å². The zero-order valence-corrected chi connectivity index (χ0v) is 13.2. The molecule has 2 atom stereocenters. The molecule has 0 fully saturated rings. The molecule has 0 spiro atoms. The Kier molecular flexibility index (Phi) is 5.48. The van der Waals surface area contributed by atoms with Crippen LogP contribution in [0, 0.1) is 0 Å². The van der Waals surface area contributed by atoms with Crippen molar-refractivity contribution in [3.8, 4) is 0 Å². The lowest BCUT2D eigenvalue weighted by atomic mass is 9.89. The quantitative estimate of drug-likeness (QED) is 0.736. The predicted molar refractivity (Wildman–Crippen MR) is 88.9 cm³/mol. The van der Waals surface area contributed by atoms with Crippen molar-refractivity contribution in [2.45, 2.75) is 12.0 Å². The molecule has 4 N–H and O–H groups in total. The van der Waals surface area contributed by atoms with Crippen LogP contribution in [0.15, 0.2) is 42.5 Å². The number of rotatable bonds is 5. The third kappa shape index (κ3) is 3.89. The first kappa shape index (κ1) is 16.1. The first-order valence-electron chi connectivity index (χ1n) is 6.66. The molecular formula is C16H18Cl2N2O. The Balaban J connectivity index is 2.35. The molecule has 0 saturated carbocycles. The van der Waals surface area contributed by atoms with Crippen LogP contribution in [0.2, 0.25) is 10.0 Å². The minimum Gasteiger partial charge on any atom is -0.399 e. The molecule has 0 bridgehead atoms. The van der Waals surface area contributed by atoms with E-state index in [0.29, 0.717) is 22.3 Å². The van der Waals surface area contributed by atoms with Crippen LogP contribution in [-0.2, 0) is 0 Å². The average molecular weight is 325 g/mol. The number of halogens is 2. The molecule has 2 aromatic carbocycles. The Labute approximate surface area is 134 Å². The van der Waals surface area contributed by atoms with Crippen LogP contribution in [0.25, 0.3) is 0 Å². The van der Waals surface area contributed by atoms with Gasteiger partial charge in [-0.15, -0.1) is 0 Å². The smallest absolute Gasteiger partial charge is 0.0871 e. The van der Waals surface area contributed by atoms with E-state index in [0.717, 1.165) is 11.1 Å². The molecule has 0 aliphatic carbocycles. The van der Waals surface area contributed by atoms with Crippen LogP contribution < -0.4 is 11.1 Å². The van der Waals surface area contributed by atoms with Gasteiger partial charge in [0.1, 0.15) is 0 Å². The second-order valence-electron chi connectivity index (χ2n) is 4.95. The van der Waals surface area contributed by atoms with Gasteiger partial charge in [0.05, 0.1) is 16.1 Å². The predicted octanol–water partition coefficient (Wildman–Crippen LogP) is 3.61. The molecule has 1 unspecified atom stereocenters. The molecule has 0 saturated heterocycles. The van der Waals surface area contributed by atoms with Crippen molar-refractivity contribution in [1.82, 2.24) is 5.32 Å². The van der Waals surface area contributed by atoms with Gasteiger partial charge in [-0.2, -0.15) is 0 Å². The van der Waals surface area contributed by atoms with Crippen LogP contribution >= 0.6 is 23.2 Å². The normalized spacial score (nSPS) is 13.9. The van der Waals surface area contributed by atoms with Crippen LogP contribution in [0.5, 0.6) is 0 Å². The van der Waals surface area contributed by atoms with E-state index < -0.39 is 6.10 Å². The fourth-order valence-electron chi connectivity index (χ4n) is 2.35. The van der Waals surface area contributed by atoms with E-state index >= 15 is 0 Å². The highest BCUT2D eigenvalue weighted by Gasteiger charge is 2.23. The number of nitrogens with two attached hydrogens (primary N) is 1. The molecule has 0 aromatic heterocycles. The summed E-state index contributed by atoms with van der Waals surface area (Å²) in [5.74, 6) is -0.147. The fraction of sp³-hybridized carbons (Fsp3) is 0.250. The maximum Gasteiger partial charge on any atom is 0.0871 e. The Morgan fingerprint density at radius 1 is 1.10 bits per heavy atom. The number of hydrogen-bond donors (Lipinski definition) is 3. The van der Waals surface area contributed by atoms with E-state index in [2.05, 4.69) is 5.32 Å². The Morgan fingerprint density at radius 2 is 1.86 bits per heavy atom. The summed E-state index contributed by atoms with van der Waals surface area (Å²) < 4.78 is 0. The highest BCUT2D eigenvalue weighted by Crippen LogP contribution is 2.34. The number of aliphatic hydroxyl groups excluding tert-OH is 1. The van der Waals surface area contributed by atoms with E-state index in [-0.39, 0.29) is 5.92 Å². The number of benzene rings is 2. The summed E-state index contributed by atoms with van der Waals surface area (Å²) >= 11 is 12.0. The number of hydrogen-bond acceptors (Lipinski definition) is 3. The van der Waals surface area contributed by atoms with Gasteiger partial charge in [0.15, 0.2) is 0 Å². The van der Waals surface area contributed by atoms with Gasteiger partial charge in [-0.05, 0) is 42.4 Å². The van der Waals surface area contributed by atoms with Crippen molar-refractivity contribution in [3.05, 3.63) is 63.6 Å². The monoisotopic (exact) mass is 324 g/mol. The second-order valence-corrected chi connectivity index (χ2v) is 5.77. The Hall–Kier alpha value is -1.26. The number of anilines is 1. The number of nitrogens with one attached hydrogen (secondary N) is 1. The van der Waals surface area contributed by atoms with Crippen molar-refractivity contribution >= 4 is 28.9 Å². The Morgan fingerprint density at radius 3 is 2.48 bits per heavy atom. The van der Waals surface area contributed by atoms with Gasteiger partial charge in [0.2, 0.25) is 0 Å². The van der Waals surface area contributed by atoms with Gasteiger partial charge in [0.25, 0.3) is 0 Å². The maximum absolute atomic E-state index is 10.7. The summed E-state index contributed by atoms with van der Waals surface area (Å²) in [6.07, 6.45) is -0.682. The van der Waals surface area contributed by atoms with Crippen LogP contribution in [0.1, 0.15) is 23.1 Å². The maximum atomic E-state index is 10.7. The van der Waals surface area contributed by atoms with Crippen molar-refractivity contribution in [2.24, 2.45) is 0 Å². The molecule has 112 valence electrons. The summed E-state index contributed by atoms with van der Waals surface area (Å²) in [7, 11) is 1.84. The summed E-state index contributed by atoms with van der Waals surface area (Å²) in [4.78, 5) is 0. The number of likely N-dealkylation sites (N-methyl/N-ethyl adjacent to an activating group) is 1. The van der Waals surface area contributed by atoms with E-state index in [9.17, 15) is 5.11 Å². The minimum absolute atomic E-state index is 0.147. The Bertz CT molecular complexity index is 619. The third-order valence-corrected chi connectivity index (χ3v) is 4.17. The average Bonchev–Trinajstić information content (AvgIpc) is 2.47. The molecule has 2 aromatic rings. The zero-order valence-electron chi connectivity index (χ0n) is 11.7. The molecule has 3 nitrogen and oxygen atoms in total. The summed E-state index contributed by atoms with van der Waals surface area (Å²) in [6.45, 7) is 0.605. The van der Waals surface area contributed by atoms with E-state index in [4.69, 9.17) is 28.9 Å². The zero-order chi connectivity index (χ0) is 15.4. The highest BCUT2D eigenvalue weighted by molar-refractivity contribution is 6.42. The lowest BCUT2D eigenvalue weighted by Gasteiger charge is -2.24. The van der Waals surface area contributed by atoms with Gasteiger partial charge in [0, 0.05) is 18.2 Å². The van der Waals surface area contributed by atoms with E-state index in [1.807, 2.05) is 25.2 Å². The van der Waals surface area contributed by atoms with Crippen LogP contribution in [0.3, 0.4) is 0 Å². The van der Waals surface area contributed by atoms with Gasteiger partial charge in [-0.1, -0.05) is 41.4 Å². The first-order chi connectivity index (χ1) is 10.0. The largest absolute Gasteiger partial charge is 0.399 e. The van der Waals surface area contributed by atoms with Gasteiger partial charge >= 0.3 is 0 Å². The molecule has 21 heavy (non-hydrogen) atoms. The van der Waals surface area contributed by atoms with Crippen LogP contribution in [0.4, 0.5) is 5.69 Å². The standard InChI is InChI=1S/C16H18Cl2N2O/c1-20-9-13(10-5-6-14(17)15(18)8-10)16(21)11-3-2-4-12(19)7-11/h2-8,13,16,20-21H,9,19H2,1H3/t13?,16-/m0/s1. The topological polar surface area (TPSA) is 58.3 Å². The molecule has 2 rings (SSSR count). The van der Waals surface area contributed by atoms with Crippen LogP contribution in [-0.4, -0.2) is 18.7 Å². The molecule has 0 amide bonds. The minimum atomic E-state index is -0.682. The summed E-state index contributed by atoms with van der Waals surface area (Å²) in [5, 5.41) is 14.8. The second kappa shape index (κ2) is 7.14. The van der Waals surface area contributed by atoms with E-state index in [1.165, 1.54) is 0 Å². The molecular weight excluding hydrogens is 307 g/mol. The lowest BCUT2D eigenvalue weighted by molar-refractivity contribution is 0.144. The molecule has 0 heterocycles. The van der Waals surface area contributed by atoms with Crippen molar-refractivity contribution in [1.29, 1.82) is 0 Å². The number of nitrogen functional groups attached to an aromatic ring is 1. The molecule has 5 heteroatoms. The number of aliphatic hydroxyl groups is 1. The SMILES string of the molecule is CNCC(c1ccc(Cl)c(Cl)c1)[C@@H](O)c1cccc(N)c1. The van der Waals surface area contributed by atoms with E-state index in [1.54, 1.807) is 24.3 Å². The molecule has 0 radical (unpaired) electrons. The summed E-state index contributed by atoms with van der Waals surface area (Å²) in [5.41, 5.74) is 8.12. The van der Waals surface area contributed by atoms with Gasteiger partial charge in [-0.25, -0.2) is 0 Å². The highest BCUT2D eigenvalue weighted by atomic mass is 35.5. The third-order valence-electron chi connectivity index (χ3n) is 3.43. The van der Waals surface area contributed by atoms with Gasteiger partial charge in [-0.3, -0.25) is 0 Å². The molecule has 0 aliphatic heterocycles. The van der Waals surface area contributed by atoms with Gasteiger partial charge < -0.3 is 16.2 Å². The lowest BCUT2D eigenvalue weighted by Crippen LogP contribution is -2.23. The van der Waals surface area contributed by atoms with Crippen molar-refractivity contribution in [3.63, 3.8) is 0 Å². The molecule has 0 aliphatic rings. The summed E-state index contributed by atoms with van der Waals surface area (Å²) in [6, 6.07) is 12.7. The van der Waals surface area contributed by atoms with Crippen molar-refractivity contribution in [2.75, 3.05) is 19.3 Å². The first-order valence-corrected chi connectivity index (χ1v) is 7.41. The fourth-order valence-corrected chi connectivity index (χ4v) is 2.66.